The van der Waals surface area contributed by atoms with Gasteiger partial charge in [0.25, 0.3) is 0 Å². The number of aromatic hydroxyl groups is 1. The predicted octanol–water partition coefficient (Wildman–Crippen LogP) is 2.82. The van der Waals surface area contributed by atoms with E-state index in [2.05, 4.69) is 4.98 Å². The number of nitriles is 1. The zero-order valence-corrected chi connectivity index (χ0v) is 14.8. The van der Waals surface area contributed by atoms with Crippen LogP contribution >= 0.6 is 0 Å². The Morgan fingerprint density at radius 3 is 2.93 bits per heavy atom. The van der Waals surface area contributed by atoms with E-state index < -0.39 is 0 Å². The second-order valence-electron chi connectivity index (χ2n) is 6.14. The lowest BCUT2D eigenvalue weighted by Crippen LogP contribution is -2.19. The number of carbonyl (C=O) groups is 1. The number of pyridine rings is 1. The zero-order chi connectivity index (χ0) is 19.1. The van der Waals surface area contributed by atoms with Crippen LogP contribution in [0.3, 0.4) is 0 Å². The van der Waals surface area contributed by atoms with Crippen LogP contribution in [0, 0.1) is 11.3 Å². The minimum Gasteiger partial charge on any atom is -0.504 e. The van der Waals surface area contributed by atoms with Crippen LogP contribution < -0.4 is 4.74 Å². The highest BCUT2D eigenvalue weighted by Crippen LogP contribution is 2.31. The average Bonchev–Trinajstić information content (AvgIpc) is 3.21. The number of hydrogen-bond acceptors (Lipinski definition) is 7. The van der Waals surface area contributed by atoms with Gasteiger partial charge in [-0.25, -0.2) is 0 Å². The number of nitrogens with zero attached hydrogens (tertiary/aromatic N) is 2. The Morgan fingerprint density at radius 1 is 1.37 bits per heavy atom. The first-order valence-electron chi connectivity index (χ1n) is 8.75. The van der Waals surface area contributed by atoms with Crippen LogP contribution in [0.2, 0.25) is 0 Å². The van der Waals surface area contributed by atoms with E-state index in [1.165, 1.54) is 12.3 Å². The number of aromatic nitrogens is 1. The second kappa shape index (κ2) is 9.01. The number of phenolic OH excluding ortho intramolecular Hbond substituents is 1. The molecular formula is C20H20N2O5. The lowest BCUT2D eigenvalue weighted by atomic mass is 10.1. The smallest absolute Gasteiger partial charge is 0.309 e. The molecular weight excluding hydrogens is 348 g/mol. The summed E-state index contributed by atoms with van der Waals surface area (Å²) in [5.74, 6) is -0.130. The van der Waals surface area contributed by atoms with Crippen molar-refractivity contribution < 1.29 is 24.1 Å². The van der Waals surface area contributed by atoms with Gasteiger partial charge in [-0.2, -0.15) is 5.26 Å². The quantitative estimate of drug-likeness (QED) is 0.750. The predicted molar refractivity (Wildman–Crippen MR) is 96.1 cm³/mol. The highest BCUT2D eigenvalue weighted by atomic mass is 16.6. The van der Waals surface area contributed by atoms with E-state index in [0.717, 1.165) is 19.4 Å². The zero-order valence-electron chi connectivity index (χ0n) is 14.8. The molecule has 0 bridgehead atoms. The summed E-state index contributed by atoms with van der Waals surface area (Å²) >= 11 is 0. The second-order valence-corrected chi connectivity index (χ2v) is 6.14. The SMILES string of the molecule is N#Cc1ccc(-c2ccc(OCCC(=O)OCC3CCCO3)c(O)c2)nc1. The van der Waals surface area contributed by atoms with Gasteiger partial charge < -0.3 is 19.3 Å². The molecule has 140 valence electrons. The van der Waals surface area contributed by atoms with Gasteiger partial charge in [-0.3, -0.25) is 9.78 Å². The molecule has 1 fully saturated rings. The van der Waals surface area contributed by atoms with E-state index in [-0.39, 0.29) is 43.2 Å². The van der Waals surface area contributed by atoms with Gasteiger partial charge in [0, 0.05) is 18.4 Å². The lowest BCUT2D eigenvalue weighted by Gasteiger charge is -2.11. The van der Waals surface area contributed by atoms with Crippen LogP contribution in [0.5, 0.6) is 11.5 Å². The van der Waals surface area contributed by atoms with Crippen LogP contribution in [0.25, 0.3) is 11.3 Å². The molecule has 2 heterocycles. The molecule has 7 nitrogen and oxygen atoms in total. The largest absolute Gasteiger partial charge is 0.504 e. The maximum Gasteiger partial charge on any atom is 0.309 e. The van der Waals surface area contributed by atoms with Gasteiger partial charge in [-0.1, -0.05) is 0 Å². The standard InChI is InChI=1S/C20H20N2O5/c21-11-14-3-5-17(22-12-14)15-4-6-19(18(23)10-15)26-9-7-20(24)27-13-16-2-1-8-25-16/h3-6,10,12,16,23H,1-2,7-9,13H2. The molecule has 1 unspecified atom stereocenters. The highest BCUT2D eigenvalue weighted by molar-refractivity contribution is 5.69. The summed E-state index contributed by atoms with van der Waals surface area (Å²) in [6.45, 7) is 1.10. The number of esters is 1. The van der Waals surface area contributed by atoms with Crippen LogP contribution in [0.4, 0.5) is 0 Å². The summed E-state index contributed by atoms with van der Waals surface area (Å²) in [4.78, 5) is 15.9. The fourth-order valence-corrected chi connectivity index (χ4v) is 2.71. The molecule has 1 saturated heterocycles. The van der Waals surface area contributed by atoms with Gasteiger partial charge in [-0.15, -0.1) is 0 Å². The van der Waals surface area contributed by atoms with Gasteiger partial charge in [-0.05, 0) is 43.2 Å². The van der Waals surface area contributed by atoms with Gasteiger partial charge in [0.05, 0.1) is 30.4 Å². The third-order valence-electron chi connectivity index (χ3n) is 4.17. The van der Waals surface area contributed by atoms with Crippen molar-refractivity contribution in [3.8, 4) is 28.8 Å². The molecule has 0 aliphatic carbocycles. The number of ether oxygens (including phenoxy) is 3. The van der Waals surface area contributed by atoms with Crippen LogP contribution in [0.1, 0.15) is 24.8 Å². The van der Waals surface area contributed by atoms with Crippen LogP contribution in [0.15, 0.2) is 36.5 Å². The van der Waals surface area contributed by atoms with E-state index in [1.807, 2.05) is 6.07 Å². The summed E-state index contributed by atoms with van der Waals surface area (Å²) in [6, 6.07) is 10.3. The Hall–Kier alpha value is -3.11. The summed E-state index contributed by atoms with van der Waals surface area (Å²) in [5.41, 5.74) is 1.79. The Morgan fingerprint density at radius 2 is 2.26 bits per heavy atom. The molecule has 0 saturated carbocycles. The average molecular weight is 368 g/mol. The van der Waals surface area contributed by atoms with Gasteiger partial charge in [0.15, 0.2) is 11.5 Å². The highest BCUT2D eigenvalue weighted by Gasteiger charge is 2.17. The maximum atomic E-state index is 11.7. The Labute approximate surface area is 157 Å². The minimum absolute atomic E-state index is 0.00212. The third kappa shape index (κ3) is 5.19. The fraction of sp³-hybridized carbons (Fsp3) is 0.350. The monoisotopic (exact) mass is 368 g/mol. The summed E-state index contributed by atoms with van der Waals surface area (Å²) in [5, 5.41) is 18.9. The first-order valence-corrected chi connectivity index (χ1v) is 8.75. The van der Waals surface area contributed by atoms with Gasteiger partial charge in [0.1, 0.15) is 12.7 Å². The van der Waals surface area contributed by atoms with Crippen molar-refractivity contribution in [1.29, 1.82) is 5.26 Å². The van der Waals surface area contributed by atoms with Crippen molar-refractivity contribution in [3.05, 3.63) is 42.1 Å². The lowest BCUT2D eigenvalue weighted by molar-refractivity contribution is -0.147. The number of rotatable bonds is 7. The third-order valence-corrected chi connectivity index (χ3v) is 4.17. The van der Waals surface area contributed by atoms with Crippen LogP contribution in [-0.2, 0) is 14.3 Å². The Kier molecular flexibility index (Phi) is 6.23. The molecule has 2 aromatic rings. The minimum atomic E-state index is -0.358. The van der Waals surface area contributed by atoms with Gasteiger partial charge >= 0.3 is 5.97 Å². The van der Waals surface area contributed by atoms with Crippen molar-refractivity contribution in [3.63, 3.8) is 0 Å². The van der Waals surface area contributed by atoms with Crippen molar-refractivity contribution >= 4 is 5.97 Å². The Bertz CT molecular complexity index is 823. The molecule has 1 aliphatic rings. The topological polar surface area (TPSA) is 102 Å². The van der Waals surface area contributed by atoms with Crippen LogP contribution in [-0.4, -0.2) is 42.0 Å². The summed E-state index contributed by atoms with van der Waals surface area (Å²) < 4.78 is 16.0. The first kappa shape index (κ1) is 18.7. The van der Waals surface area contributed by atoms with Crippen molar-refractivity contribution in [1.82, 2.24) is 4.98 Å². The van der Waals surface area contributed by atoms with Crippen molar-refractivity contribution in [2.75, 3.05) is 19.8 Å². The van der Waals surface area contributed by atoms with E-state index in [0.29, 0.717) is 16.8 Å². The maximum absolute atomic E-state index is 11.7. The van der Waals surface area contributed by atoms with E-state index >= 15 is 0 Å². The van der Waals surface area contributed by atoms with Gasteiger partial charge in [0.2, 0.25) is 0 Å². The fourth-order valence-electron chi connectivity index (χ4n) is 2.71. The summed E-state index contributed by atoms with van der Waals surface area (Å²) in [7, 11) is 0. The molecule has 1 aromatic carbocycles. The molecule has 7 heteroatoms. The molecule has 1 atom stereocenters. The molecule has 0 spiro atoms. The normalized spacial score (nSPS) is 15.9. The number of benzene rings is 1. The summed E-state index contributed by atoms with van der Waals surface area (Å²) in [6.07, 6.45) is 3.48. The van der Waals surface area contributed by atoms with E-state index in [1.54, 1.807) is 24.3 Å². The van der Waals surface area contributed by atoms with Crippen molar-refractivity contribution in [2.45, 2.75) is 25.4 Å². The van der Waals surface area contributed by atoms with E-state index in [9.17, 15) is 9.90 Å². The molecule has 3 rings (SSSR count). The molecule has 1 aliphatic heterocycles. The van der Waals surface area contributed by atoms with Crippen molar-refractivity contribution in [2.24, 2.45) is 0 Å². The molecule has 27 heavy (non-hydrogen) atoms. The molecule has 1 N–H and O–H groups in total. The number of carbonyl (C=O) groups excluding carboxylic acids is 1. The molecule has 1 aromatic heterocycles. The Balaban J connectivity index is 1.48. The molecule has 0 amide bonds. The number of phenols is 1. The first-order chi connectivity index (χ1) is 13.2. The number of hydrogen-bond donors (Lipinski definition) is 1. The molecule has 0 radical (unpaired) electrons. The van der Waals surface area contributed by atoms with E-state index in [4.69, 9.17) is 19.5 Å².